The van der Waals surface area contributed by atoms with Gasteiger partial charge >= 0.3 is 0 Å². The van der Waals surface area contributed by atoms with Gasteiger partial charge < -0.3 is 4.57 Å². The molecule has 0 aliphatic carbocycles. The van der Waals surface area contributed by atoms with Gasteiger partial charge in [0, 0.05) is 36.9 Å². The molecule has 3 aromatic carbocycles. The predicted molar refractivity (Wildman–Crippen MR) is 170 cm³/mol. The number of nitrogens with zero attached hydrogens (tertiary/aromatic N) is 3. The molecule has 0 spiro atoms. The summed E-state index contributed by atoms with van der Waals surface area (Å²) in [6.07, 6.45) is 13.5. The van der Waals surface area contributed by atoms with E-state index < -0.39 is 0 Å². The molecule has 0 amide bonds. The highest BCUT2D eigenvalue weighted by Crippen LogP contribution is 2.41. The molecular weight excluding hydrogens is 494 g/mol. The summed E-state index contributed by atoms with van der Waals surface area (Å²) in [4.78, 5) is 11.1. The molecule has 4 heteroatoms. The minimum atomic E-state index is 0.610. The van der Waals surface area contributed by atoms with E-state index in [4.69, 9.17) is 9.97 Å². The highest BCUT2D eigenvalue weighted by Gasteiger charge is 2.20. The number of allylic oxidation sites excluding steroid dienone is 5. The quantitative estimate of drug-likeness (QED) is 0.196. The fraction of sp³-hybridized carbons (Fsp3) is 0.0286. The van der Waals surface area contributed by atoms with Crippen LogP contribution in [0, 0.1) is 0 Å². The maximum absolute atomic E-state index is 5.08. The molecule has 0 N–H and O–H groups in total. The first-order chi connectivity index (χ1) is 19.2. The van der Waals surface area contributed by atoms with Gasteiger partial charge in [0.05, 0.1) is 28.6 Å². The second-order valence-corrected chi connectivity index (χ2v) is 10.2. The second kappa shape index (κ2) is 10.2. The average Bonchev–Trinajstić information content (AvgIpc) is 3.49. The molecule has 0 radical (unpaired) electrons. The fourth-order valence-electron chi connectivity index (χ4n) is 5.19. The summed E-state index contributed by atoms with van der Waals surface area (Å²) in [6.45, 7) is 14.0. The van der Waals surface area contributed by atoms with Crippen LogP contribution in [0.3, 0.4) is 0 Å². The van der Waals surface area contributed by atoms with Crippen LogP contribution < -0.4 is 0 Å². The van der Waals surface area contributed by atoms with Crippen LogP contribution in [0.5, 0.6) is 0 Å². The Balaban J connectivity index is 1.74. The van der Waals surface area contributed by atoms with Crippen molar-refractivity contribution in [2.75, 3.05) is 0 Å². The van der Waals surface area contributed by atoms with Crippen LogP contribution in [0.15, 0.2) is 117 Å². The van der Waals surface area contributed by atoms with Crippen molar-refractivity contribution in [1.29, 1.82) is 0 Å². The number of aromatic nitrogens is 3. The summed E-state index contributed by atoms with van der Waals surface area (Å²) in [5.74, 6) is 0.610. The highest BCUT2D eigenvalue weighted by atomic mass is 32.1. The van der Waals surface area contributed by atoms with Gasteiger partial charge in [-0.3, -0.25) is 0 Å². The lowest BCUT2D eigenvalue weighted by molar-refractivity contribution is 1.06. The molecule has 3 aromatic heterocycles. The van der Waals surface area contributed by atoms with E-state index in [0.717, 1.165) is 39.1 Å². The first kappa shape index (κ1) is 24.5. The largest absolute Gasteiger partial charge is 0.306 e. The summed E-state index contributed by atoms with van der Waals surface area (Å²) in [5.41, 5.74) is 6.98. The van der Waals surface area contributed by atoms with E-state index in [0.29, 0.717) is 5.82 Å². The average molecular weight is 522 g/mol. The maximum Gasteiger partial charge on any atom is 0.159 e. The number of fused-ring (bicyclic) bond motifs is 4. The summed E-state index contributed by atoms with van der Waals surface area (Å²) >= 11 is 1.80. The smallest absolute Gasteiger partial charge is 0.159 e. The zero-order valence-electron chi connectivity index (χ0n) is 21.8. The van der Waals surface area contributed by atoms with Crippen LogP contribution in [0.4, 0.5) is 0 Å². The summed E-state index contributed by atoms with van der Waals surface area (Å²) in [6, 6.07) is 23.4. The third-order valence-corrected chi connectivity index (χ3v) is 8.04. The van der Waals surface area contributed by atoms with Crippen LogP contribution in [0.2, 0.25) is 0 Å². The Kier molecular flexibility index (Phi) is 6.39. The molecule has 6 rings (SSSR count). The van der Waals surface area contributed by atoms with E-state index in [2.05, 4.69) is 85.0 Å². The minimum absolute atomic E-state index is 0.610. The molecule has 188 valence electrons. The normalized spacial score (nSPS) is 12.1. The van der Waals surface area contributed by atoms with Gasteiger partial charge in [-0.05, 0) is 36.8 Å². The molecule has 39 heavy (non-hydrogen) atoms. The predicted octanol–water partition coefficient (Wildman–Crippen LogP) is 9.89. The Labute approximate surface area is 232 Å². The Bertz CT molecular complexity index is 1970. The lowest BCUT2D eigenvalue weighted by Gasteiger charge is -2.14. The second-order valence-electron chi connectivity index (χ2n) is 9.16. The molecule has 3 nitrogen and oxygen atoms in total. The van der Waals surface area contributed by atoms with Crippen molar-refractivity contribution in [3.63, 3.8) is 0 Å². The molecule has 6 aromatic rings. The zero-order valence-corrected chi connectivity index (χ0v) is 22.6. The molecule has 0 saturated carbocycles. The van der Waals surface area contributed by atoms with E-state index in [1.54, 1.807) is 23.5 Å². The summed E-state index contributed by atoms with van der Waals surface area (Å²) < 4.78 is 3.54. The van der Waals surface area contributed by atoms with Gasteiger partial charge in [-0.15, -0.1) is 11.3 Å². The molecule has 0 bridgehead atoms. The molecule has 0 saturated heterocycles. The lowest BCUT2D eigenvalue weighted by Crippen LogP contribution is -2.04. The van der Waals surface area contributed by atoms with Crippen LogP contribution in [-0.2, 0) is 0 Å². The number of benzene rings is 3. The molecule has 0 atom stereocenters. The third kappa shape index (κ3) is 4.06. The Morgan fingerprint density at radius 1 is 0.897 bits per heavy atom. The van der Waals surface area contributed by atoms with Crippen LogP contribution in [0.25, 0.3) is 66.6 Å². The molecule has 0 aliphatic rings. The number of rotatable bonds is 7. The van der Waals surface area contributed by atoms with E-state index in [-0.39, 0.29) is 0 Å². The fourth-order valence-corrected chi connectivity index (χ4v) is 6.39. The van der Waals surface area contributed by atoms with Gasteiger partial charge in [0.2, 0.25) is 0 Å². The first-order valence-corrected chi connectivity index (χ1v) is 13.6. The standard InChI is InChI=1S/C35H27N3S/c1-5-14-23(7-3)35-36-22-31(34(37-35)24-16-10-9-11-17-24)38-29-19-13-12-18-26(29)27-21-33-28(20-30(27)38)25(8-4)32(39-33)15-6-2/h5-22H,1,3-4H2,2H3/b15-6-,23-14+. The van der Waals surface area contributed by atoms with Crippen molar-refractivity contribution in [2.45, 2.75) is 6.92 Å². The monoisotopic (exact) mass is 521 g/mol. The van der Waals surface area contributed by atoms with Crippen molar-refractivity contribution in [3.8, 4) is 16.9 Å². The number of thiophene rings is 1. The number of hydrogen-bond acceptors (Lipinski definition) is 3. The Morgan fingerprint density at radius 3 is 2.44 bits per heavy atom. The lowest BCUT2D eigenvalue weighted by atomic mass is 10.1. The van der Waals surface area contributed by atoms with E-state index in [1.807, 2.05) is 43.5 Å². The molecule has 0 unspecified atom stereocenters. The van der Waals surface area contributed by atoms with E-state index in [9.17, 15) is 0 Å². The minimum Gasteiger partial charge on any atom is -0.306 e. The Morgan fingerprint density at radius 2 is 1.69 bits per heavy atom. The van der Waals surface area contributed by atoms with Gasteiger partial charge in [0.25, 0.3) is 0 Å². The van der Waals surface area contributed by atoms with Crippen LogP contribution in [0.1, 0.15) is 23.2 Å². The summed E-state index contributed by atoms with van der Waals surface area (Å²) in [5, 5.41) is 3.58. The van der Waals surface area contributed by atoms with Gasteiger partial charge in [-0.25, -0.2) is 9.97 Å². The molecule has 0 aliphatic heterocycles. The topological polar surface area (TPSA) is 30.7 Å². The number of hydrogen-bond donors (Lipinski definition) is 0. The molecule has 3 heterocycles. The van der Waals surface area contributed by atoms with Gasteiger partial charge in [-0.2, -0.15) is 0 Å². The van der Waals surface area contributed by atoms with E-state index >= 15 is 0 Å². The van der Waals surface area contributed by atoms with Gasteiger partial charge in [-0.1, -0.05) is 98.6 Å². The molecular formula is C35H27N3S. The molecule has 0 fully saturated rings. The number of para-hydroxylation sites is 1. The van der Waals surface area contributed by atoms with Crippen LogP contribution >= 0.6 is 11.3 Å². The van der Waals surface area contributed by atoms with Crippen LogP contribution in [-0.4, -0.2) is 14.5 Å². The summed E-state index contributed by atoms with van der Waals surface area (Å²) in [7, 11) is 0. The SMILES string of the molecule is C=C/C=C(\C=C)c1ncc(-n2c3ccccc3c3cc4sc(/C=C\C)c(C=C)c4cc32)c(-c2ccccc2)n1. The van der Waals surface area contributed by atoms with Crippen molar-refractivity contribution in [1.82, 2.24) is 14.5 Å². The van der Waals surface area contributed by atoms with Crippen molar-refractivity contribution < 1.29 is 0 Å². The first-order valence-electron chi connectivity index (χ1n) is 12.8. The maximum atomic E-state index is 5.08. The van der Waals surface area contributed by atoms with Crippen molar-refractivity contribution >= 4 is 61.0 Å². The van der Waals surface area contributed by atoms with Crippen molar-refractivity contribution in [3.05, 3.63) is 133 Å². The highest BCUT2D eigenvalue weighted by molar-refractivity contribution is 7.20. The Hall–Kier alpha value is -4.80. The zero-order chi connectivity index (χ0) is 26.9. The van der Waals surface area contributed by atoms with Gasteiger partial charge in [0.1, 0.15) is 0 Å². The van der Waals surface area contributed by atoms with Gasteiger partial charge in [0.15, 0.2) is 5.82 Å². The van der Waals surface area contributed by atoms with E-state index in [1.165, 1.54) is 25.7 Å². The van der Waals surface area contributed by atoms with Crippen molar-refractivity contribution in [2.24, 2.45) is 0 Å². The third-order valence-electron chi connectivity index (χ3n) is 6.90.